The quantitative estimate of drug-likeness (QED) is 0.465. The Morgan fingerprint density at radius 2 is 2.21 bits per heavy atom. The summed E-state index contributed by atoms with van der Waals surface area (Å²) in [5.74, 6) is -1.50. The molecule has 1 N–H and O–H groups in total. The van der Waals surface area contributed by atoms with Crippen molar-refractivity contribution < 1.29 is 14.1 Å². The number of benzene rings is 1. The lowest BCUT2D eigenvalue weighted by atomic mass is 10.1. The first-order valence-electron chi connectivity index (χ1n) is 8.69. The van der Waals surface area contributed by atoms with E-state index in [1.165, 1.54) is 33.8 Å². The van der Waals surface area contributed by atoms with Gasteiger partial charge in [0.25, 0.3) is 0 Å². The number of carbonyl (C=O) groups excluding carboxylic acids is 1. The van der Waals surface area contributed by atoms with E-state index >= 15 is 0 Å². The van der Waals surface area contributed by atoms with Crippen LogP contribution in [0.2, 0.25) is 5.02 Å². The fraction of sp³-hybridized carbons (Fsp3) is 0.278. The van der Waals surface area contributed by atoms with Crippen molar-refractivity contribution in [3.63, 3.8) is 0 Å². The molecule has 0 aliphatic carbocycles. The Kier molecular flexibility index (Phi) is 5.92. The number of hydrogen-bond acceptors (Lipinski definition) is 5. The molecule has 1 atom stereocenters. The molecule has 29 heavy (non-hydrogen) atoms. The second kappa shape index (κ2) is 8.39. The molecule has 0 saturated heterocycles. The average molecular weight is 421 g/mol. The maximum Gasteiger partial charge on any atom is 0.390 e. The third kappa shape index (κ3) is 4.77. The number of nitro groups is 1. The Hall–Kier alpha value is -3.27. The van der Waals surface area contributed by atoms with E-state index in [2.05, 4.69) is 15.5 Å². The molecule has 0 bridgehead atoms. The molecule has 152 valence electrons. The van der Waals surface area contributed by atoms with Crippen LogP contribution in [0.5, 0.6) is 0 Å². The largest absolute Gasteiger partial charge is 0.390 e. The first-order chi connectivity index (χ1) is 13.7. The first-order valence-corrected chi connectivity index (χ1v) is 9.07. The zero-order valence-electron chi connectivity index (χ0n) is 15.7. The highest BCUT2D eigenvalue weighted by atomic mass is 35.5. The normalized spacial score (nSPS) is 12.0. The predicted octanol–water partition coefficient (Wildman–Crippen LogP) is 3.41. The number of nitrogens with one attached hydrogen (secondary N) is 1. The van der Waals surface area contributed by atoms with Gasteiger partial charge in [-0.3, -0.25) is 9.48 Å². The van der Waals surface area contributed by atoms with E-state index in [0.29, 0.717) is 22.0 Å². The summed E-state index contributed by atoms with van der Waals surface area (Å²) in [5.41, 5.74) is 1.34. The van der Waals surface area contributed by atoms with Crippen LogP contribution in [0.15, 0.2) is 36.7 Å². The highest BCUT2D eigenvalue weighted by Crippen LogP contribution is 2.20. The summed E-state index contributed by atoms with van der Waals surface area (Å²) in [6.07, 6.45) is 3.01. The highest BCUT2D eigenvalue weighted by molar-refractivity contribution is 6.31. The fourth-order valence-corrected chi connectivity index (χ4v) is 2.96. The number of rotatable bonds is 7. The van der Waals surface area contributed by atoms with E-state index in [-0.39, 0.29) is 24.8 Å². The van der Waals surface area contributed by atoms with Crippen molar-refractivity contribution in [2.75, 3.05) is 5.32 Å². The van der Waals surface area contributed by atoms with Gasteiger partial charge in [0.1, 0.15) is 5.82 Å². The van der Waals surface area contributed by atoms with Crippen LogP contribution in [-0.4, -0.2) is 30.4 Å². The van der Waals surface area contributed by atoms with Gasteiger partial charge < -0.3 is 15.4 Å². The van der Waals surface area contributed by atoms with Crippen LogP contribution in [0.1, 0.15) is 18.2 Å². The summed E-state index contributed by atoms with van der Waals surface area (Å²) in [6.45, 7) is 3.67. The minimum absolute atomic E-state index is 0.118. The molecule has 2 heterocycles. The van der Waals surface area contributed by atoms with E-state index in [1.807, 2.05) is 0 Å². The molecule has 0 aliphatic rings. The average Bonchev–Trinajstić information content (AvgIpc) is 3.25. The molecule has 3 aromatic rings. The van der Waals surface area contributed by atoms with E-state index in [9.17, 15) is 19.3 Å². The molecule has 0 fully saturated rings. The predicted molar refractivity (Wildman–Crippen MR) is 104 cm³/mol. The lowest BCUT2D eigenvalue weighted by Crippen LogP contribution is -2.25. The molecule has 2 aromatic heterocycles. The lowest BCUT2D eigenvalue weighted by molar-refractivity contribution is -0.389. The monoisotopic (exact) mass is 420 g/mol. The van der Waals surface area contributed by atoms with Gasteiger partial charge in [0.2, 0.25) is 5.91 Å². The number of nitrogens with zero attached hydrogens (tertiary/aromatic N) is 5. The summed E-state index contributed by atoms with van der Waals surface area (Å²) in [6, 6.07) is 5.78. The zero-order chi connectivity index (χ0) is 21.1. The van der Waals surface area contributed by atoms with Gasteiger partial charge in [-0.2, -0.15) is 9.78 Å². The molecular formula is C18H18ClFN6O3. The van der Waals surface area contributed by atoms with Crippen molar-refractivity contribution in [3.05, 3.63) is 68.9 Å². The Bertz CT molecular complexity index is 1040. The van der Waals surface area contributed by atoms with Crippen molar-refractivity contribution in [2.45, 2.75) is 26.9 Å². The van der Waals surface area contributed by atoms with Crippen LogP contribution >= 0.6 is 11.6 Å². The molecule has 1 unspecified atom stereocenters. The summed E-state index contributed by atoms with van der Waals surface area (Å²) < 4.78 is 16.8. The Morgan fingerprint density at radius 3 is 2.86 bits per heavy atom. The second-order valence-electron chi connectivity index (χ2n) is 6.60. The highest BCUT2D eigenvalue weighted by Gasteiger charge is 2.21. The van der Waals surface area contributed by atoms with Crippen LogP contribution in [0.4, 0.5) is 15.9 Å². The first kappa shape index (κ1) is 20.5. The number of hydrogen-bond donors (Lipinski definition) is 1. The third-order valence-electron chi connectivity index (χ3n) is 4.33. The number of aromatic nitrogens is 4. The van der Waals surface area contributed by atoms with Gasteiger partial charge in [-0.1, -0.05) is 24.6 Å². The molecule has 1 aromatic carbocycles. The van der Waals surface area contributed by atoms with Gasteiger partial charge in [0.05, 0.1) is 47.8 Å². The summed E-state index contributed by atoms with van der Waals surface area (Å²) in [4.78, 5) is 22.7. The van der Waals surface area contributed by atoms with Crippen LogP contribution < -0.4 is 5.32 Å². The summed E-state index contributed by atoms with van der Waals surface area (Å²) in [7, 11) is 0. The van der Waals surface area contributed by atoms with E-state index in [4.69, 9.17) is 11.6 Å². The molecule has 0 spiro atoms. The second-order valence-corrected chi connectivity index (χ2v) is 7.01. The molecule has 11 heteroatoms. The lowest BCUT2D eigenvalue weighted by Gasteiger charge is -2.10. The number of halogens is 2. The third-order valence-corrected chi connectivity index (χ3v) is 4.69. The minimum Gasteiger partial charge on any atom is -0.358 e. The Labute approximate surface area is 170 Å². The standard InChI is InChI=1S/C18H18ClFN6O3/c1-11(8-25-12(2)6-17(23-25)26(28)29)18(27)22-13-7-21-24(9-13)10-14-15(19)4-3-5-16(14)20/h3-7,9,11H,8,10H2,1-2H3,(H,22,27). The molecule has 3 rings (SSSR count). The maximum absolute atomic E-state index is 13.9. The van der Waals surface area contributed by atoms with Crippen molar-refractivity contribution in [2.24, 2.45) is 5.92 Å². The zero-order valence-corrected chi connectivity index (χ0v) is 16.4. The van der Waals surface area contributed by atoms with Gasteiger partial charge in [-0.25, -0.2) is 4.39 Å². The van der Waals surface area contributed by atoms with E-state index in [0.717, 1.165) is 0 Å². The van der Waals surface area contributed by atoms with E-state index in [1.54, 1.807) is 26.1 Å². The Balaban J connectivity index is 1.63. The summed E-state index contributed by atoms with van der Waals surface area (Å²) >= 11 is 6.02. The molecule has 0 radical (unpaired) electrons. The molecule has 0 aliphatic heterocycles. The Morgan fingerprint density at radius 1 is 1.45 bits per heavy atom. The van der Waals surface area contributed by atoms with E-state index < -0.39 is 16.7 Å². The fourth-order valence-electron chi connectivity index (χ4n) is 2.73. The maximum atomic E-state index is 13.9. The van der Waals surface area contributed by atoms with Crippen LogP contribution in [0.3, 0.4) is 0 Å². The van der Waals surface area contributed by atoms with Crippen molar-refractivity contribution in [1.82, 2.24) is 19.6 Å². The van der Waals surface area contributed by atoms with Crippen LogP contribution in [0.25, 0.3) is 0 Å². The van der Waals surface area contributed by atoms with Crippen LogP contribution in [-0.2, 0) is 17.9 Å². The van der Waals surface area contributed by atoms with Crippen molar-refractivity contribution in [3.8, 4) is 0 Å². The molecular weight excluding hydrogens is 403 g/mol. The molecule has 0 saturated carbocycles. The minimum atomic E-state index is -0.579. The van der Waals surface area contributed by atoms with Gasteiger partial charge in [-0.15, -0.1) is 0 Å². The topological polar surface area (TPSA) is 108 Å². The van der Waals surface area contributed by atoms with Gasteiger partial charge in [-0.05, 0) is 24.0 Å². The number of amides is 1. The molecule has 1 amide bonds. The van der Waals surface area contributed by atoms with Gasteiger partial charge in [0, 0.05) is 16.8 Å². The summed E-state index contributed by atoms with van der Waals surface area (Å²) in [5, 5.41) is 21.8. The number of anilines is 1. The van der Waals surface area contributed by atoms with Gasteiger partial charge >= 0.3 is 5.82 Å². The molecule has 9 nitrogen and oxygen atoms in total. The van der Waals surface area contributed by atoms with Crippen molar-refractivity contribution >= 4 is 29.0 Å². The smallest absolute Gasteiger partial charge is 0.358 e. The number of aryl methyl sites for hydroxylation is 1. The van der Waals surface area contributed by atoms with Crippen molar-refractivity contribution in [1.29, 1.82) is 0 Å². The van der Waals surface area contributed by atoms with Crippen LogP contribution in [0, 0.1) is 28.8 Å². The number of carbonyl (C=O) groups is 1. The SMILES string of the molecule is Cc1cc([N+](=O)[O-])nn1CC(C)C(=O)Nc1cnn(Cc2c(F)cccc2Cl)c1. The van der Waals surface area contributed by atoms with Gasteiger partial charge in [0.15, 0.2) is 0 Å².